The van der Waals surface area contributed by atoms with Crippen molar-refractivity contribution >= 4 is 6.09 Å². The normalized spacial score (nSPS) is 30.7. The number of nitriles is 1. The quantitative estimate of drug-likeness (QED) is 0.894. The molecule has 2 N–H and O–H groups in total. The predicted molar refractivity (Wildman–Crippen MR) is 91.9 cm³/mol. The maximum absolute atomic E-state index is 10.8. The Kier molecular flexibility index (Phi) is 4.77. The van der Waals surface area contributed by atoms with Gasteiger partial charge in [-0.1, -0.05) is 24.3 Å². The average Bonchev–Trinajstić information content (AvgIpc) is 3.03. The third-order valence-corrected chi connectivity index (χ3v) is 5.75. The van der Waals surface area contributed by atoms with E-state index in [0.29, 0.717) is 6.04 Å². The Morgan fingerprint density at radius 3 is 2.67 bits per heavy atom. The van der Waals surface area contributed by atoms with Crippen LogP contribution < -0.4 is 5.32 Å². The van der Waals surface area contributed by atoms with Gasteiger partial charge in [0.15, 0.2) is 0 Å². The molecule has 3 rings (SSSR count). The van der Waals surface area contributed by atoms with Gasteiger partial charge in [-0.15, -0.1) is 0 Å². The highest BCUT2D eigenvalue weighted by Gasteiger charge is 2.40. The van der Waals surface area contributed by atoms with Gasteiger partial charge in [-0.05, 0) is 50.2 Å². The van der Waals surface area contributed by atoms with Gasteiger partial charge < -0.3 is 10.4 Å². The minimum Gasteiger partial charge on any atom is -0.465 e. The third-order valence-electron chi connectivity index (χ3n) is 5.75. The molecule has 0 bridgehead atoms. The lowest BCUT2D eigenvalue weighted by Gasteiger charge is -2.39. The molecule has 1 saturated carbocycles. The van der Waals surface area contributed by atoms with E-state index in [4.69, 9.17) is 5.11 Å². The number of nitrogens with zero attached hydrogens (tertiary/aromatic N) is 2. The van der Waals surface area contributed by atoms with Crippen LogP contribution in [0.3, 0.4) is 0 Å². The minimum atomic E-state index is -0.937. The van der Waals surface area contributed by atoms with Crippen LogP contribution in [0, 0.1) is 18.3 Å². The zero-order valence-corrected chi connectivity index (χ0v) is 14.2. The second kappa shape index (κ2) is 6.82. The van der Waals surface area contributed by atoms with Crippen LogP contribution in [-0.4, -0.2) is 41.3 Å². The van der Waals surface area contributed by atoms with Crippen molar-refractivity contribution in [3.05, 3.63) is 35.4 Å². The number of nitrogens with one attached hydrogen (secondary N) is 1. The molecular formula is C19H25N3O2. The van der Waals surface area contributed by atoms with Gasteiger partial charge in [-0.25, -0.2) is 4.79 Å². The van der Waals surface area contributed by atoms with Gasteiger partial charge in [0, 0.05) is 25.2 Å². The smallest absolute Gasteiger partial charge is 0.404 e. The van der Waals surface area contributed by atoms with Crippen molar-refractivity contribution in [3.63, 3.8) is 0 Å². The topological polar surface area (TPSA) is 76.4 Å². The SMILES string of the molecule is Cc1ccccc1C1(C#N)CCC(N2CC[C@@H](NC(=O)O)C2)CC1. The van der Waals surface area contributed by atoms with Crippen molar-refractivity contribution in [1.29, 1.82) is 5.26 Å². The molecule has 0 radical (unpaired) electrons. The van der Waals surface area contributed by atoms with Gasteiger partial charge in [0.2, 0.25) is 0 Å². The van der Waals surface area contributed by atoms with E-state index in [9.17, 15) is 10.1 Å². The van der Waals surface area contributed by atoms with Crippen LogP contribution in [0.1, 0.15) is 43.2 Å². The molecule has 1 heterocycles. The number of amides is 1. The van der Waals surface area contributed by atoms with Crippen LogP contribution in [0.25, 0.3) is 0 Å². The highest BCUT2D eigenvalue weighted by atomic mass is 16.4. The maximum atomic E-state index is 10.8. The molecule has 1 aliphatic heterocycles. The Labute approximate surface area is 143 Å². The Hall–Kier alpha value is -2.06. The summed E-state index contributed by atoms with van der Waals surface area (Å²) in [5, 5.41) is 21.3. The lowest BCUT2D eigenvalue weighted by Crippen LogP contribution is -2.43. The van der Waals surface area contributed by atoms with Crippen molar-refractivity contribution in [3.8, 4) is 6.07 Å². The lowest BCUT2D eigenvalue weighted by molar-refractivity contribution is 0.159. The first-order chi connectivity index (χ1) is 11.5. The summed E-state index contributed by atoms with van der Waals surface area (Å²) in [6.07, 6.45) is 3.71. The van der Waals surface area contributed by atoms with E-state index >= 15 is 0 Å². The number of rotatable bonds is 3. The molecule has 0 aromatic heterocycles. The van der Waals surface area contributed by atoms with Crippen LogP contribution >= 0.6 is 0 Å². The Morgan fingerprint density at radius 1 is 1.33 bits per heavy atom. The van der Waals surface area contributed by atoms with E-state index in [-0.39, 0.29) is 11.5 Å². The third kappa shape index (κ3) is 3.25. The molecule has 0 spiro atoms. The van der Waals surface area contributed by atoms with Crippen molar-refractivity contribution in [2.45, 2.75) is 56.5 Å². The maximum Gasteiger partial charge on any atom is 0.404 e. The van der Waals surface area contributed by atoms with Gasteiger partial charge >= 0.3 is 6.09 Å². The van der Waals surface area contributed by atoms with E-state index in [2.05, 4.69) is 35.3 Å². The molecule has 2 aliphatic rings. The summed E-state index contributed by atoms with van der Waals surface area (Å²) >= 11 is 0. The molecule has 1 aromatic carbocycles. The zero-order valence-electron chi connectivity index (χ0n) is 14.2. The molecule has 5 nitrogen and oxygen atoms in total. The second-order valence-electron chi connectivity index (χ2n) is 7.17. The summed E-state index contributed by atoms with van der Waals surface area (Å²) in [5.74, 6) is 0. The van der Waals surface area contributed by atoms with Crippen LogP contribution in [0.4, 0.5) is 4.79 Å². The van der Waals surface area contributed by atoms with Gasteiger partial charge in [-0.2, -0.15) is 5.26 Å². The first kappa shape index (κ1) is 16.8. The standard InChI is InChI=1S/C19H25N3O2/c1-14-4-2-3-5-17(14)19(13-20)9-6-16(7-10-19)22-11-8-15(12-22)21-18(23)24/h2-5,15-16,21H,6-12H2,1H3,(H,23,24)/t15-,16?,19?/m1/s1. The molecule has 5 heteroatoms. The summed E-state index contributed by atoms with van der Waals surface area (Å²) in [6, 6.07) is 11.4. The van der Waals surface area contributed by atoms with Gasteiger partial charge in [0.25, 0.3) is 0 Å². The molecular weight excluding hydrogens is 302 g/mol. The Balaban J connectivity index is 1.64. The number of carbonyl (C=O) groups is 1. The summed E-state index contributed by atoms with van der Waals surface area (Å²) in [5.41, 5.74) is 2.02. The number of aryl methyl sites for hydroxylation is 1. The largest absolute Gasteiger partial charge is 0.465 e. The van der Waals surface area contributed by atoms with Crippen LogP contribution in [0.5, 0.6) is 0 Å². The van der Waals surface area contributed by atoms with Gasteiger partial charge in [-0.3, -0.25) is 4.90 Å². The molecule has 0 unspecified atom stereocenters. The van der Waals surface area contributed by atoms with E-state index in [0.717, 1.165) is 45.2 Å². The number of likely N-dealkylation sites (tertiary alicyclic amines) is 1. The van der Waals surface area contributed by atoms with Crippen molar-refractivity contribution in [1.82, 2.24) is 10.2 Å². The monoisotopic (exact) mass is 327 g/mol. The number of carboxylic acid groups (broad SMARTS) is 1. The van der Waals surface area contributed by atoms with Crippen molar-refractivity contribution in [2.75, 3.05) is 13.1 Å². The Bertz CT molecular complexity index is 644. The molecule has 1 saturated heterocycles. The fourth-order valence-electron chi connectivity index (χ4n) is 4.42. The predicted octanol–water partition coefficient (Wildman–Crippen LogP) is 3.04. The molecule has 24 heavy (non-hydrogen) atoms. The first-order valence-corrected chi connectivity index (χ1v) is 8.75. The van der Waals surface area contributed by atoms with E-state index < -0.39 is 6.09 Å². The highest BCUT2D eigenvalue weighted by molar-refractivity contribution is 5.64. The van der Waals surface area contributed by atoms with E-state index in [1.54, 1.807) is 0 Å². The number of hydrogen-bond acceptors (Lipinski definition) is 3. The summed E-state index contributed by atoms with van der Waals surface area (Å²) in [4.78, 5) is 13.2. The van der Waals surface area contributed by atoms with Crippen LogP contribution in [0.15, 0.2) is 24.3 Å². The number of hydrogen-bond donors (Lipinski definition) is 2. The minimum absolute atomic E-state index is 0.0431. The Morgan fingerprint density at radius 2 is 2.04 bits per heavy atom. The van der Waals surface area contributed by atoms with Crippen molar-refractivity contribution < 1.29 is 9.90 Å². The van der Waals surface area contributed by atoms with Crippen molar-refractivity contribution in [2.24, 2.45) is 0 Å². The average molecular weight is 327 g/mol. The first-order valence-electron chi connectivity index (χ1n) is 8.75. The van der Waals surface area contributed by atoms with Gasteiger partial charge in [0.1, 0.15) is 0 Å². The van der Waals surface area contributed by atoms with Gasteiger partial charge in [0.05, 0.1) is 11.5 Å². The van der Waals surface area contributed by atoms with Crippen LogP contribution in [-0.2, 0) is 5.41 Å². The molecule has 1 aliphatic carbocycles. The fourth-order valence-corrected chi connectivity index (χ4v) is 4.42. The molecule has 1 atom stereocenters. The summed E-state index contributed by atoms with van der Waals surface area (Å²) < 4.78 is 0. The van der Waals surface area contributed by atoms with E-state index in [1.807, 2.05) is 12.1 Å². The summed E-state index contributed by atoms with van der Waals surface area (Å²) in [6.45, 7) is 3.82. The zero-order chi connectivity index (χ0) is 17.2. The molecule has 1 aromatic rings. The molecule has 1 amide bonds. The second-order valence-corrected chi connectivity index (χ2v) is 7.17. The lowest BCUT2D eigenvalue weighted by atomic mass is 9.68. The van der Waals surface area contributed by atoms with E-state index in [1.165, 1.54) is 11.1 Å². The molecule has 2 fully saturated rings. The number of benzene rings is 1. The molecule has 128 valence electrons. The highest BCUT2D eigenvalue weighted by Crippen LogP contribution is 2.42. The van der Waals surface area contributed by atoms with Crippen LogP contribution in [0.2, 0.25) is 0 Å². The summed E-state index contributed by atoms with van der Waals surface area (Å²) in [7, 11) is 0. The fraction of sp³-hybridized carbons (Fsp3) is 0.579.